The number of Topliss-reactive ketones (excluding diaryl/α,β-unsaturated/α-hetero) is 1. The number of pyridine rings is 1. The van der Waals surface area contributed by atoms with Gasteiger partial charge in [-0.25, -0.2) is 9.37 Å². The number of anilines is 2. The van der Waals surface area contributed by atoms with Crippen LogP contribution in [0.4, 0.5) is 15.9 Å². The van der Waals surface area contributed by atoms with Crippen molar-refractivity contribution in [2.75, 3.05) is 31.2 Å². The van der Waals surface area contributed by atoms with Crippen molar-refractivity contribution in [3.05, 3.63) is 96.6 Å². The van der Waals surface area contributed by atoms with E-state index in [1.54, 1.807) is 48.8 Å². The number of ether oxygens (including phenoxy) is 1. The normalized spacial score (nSPS) is 14.9. The lowest BCUT2D eigenvalue weighted by molar-refractivity contribution is -0.129. The number of nitrogens with two attached hydrogens (primary N) is 1. The zero-order valence-electron chi connectivity index (χ0n) is 22.6. The molecule has 4 aromatic rings. The number of allylic oxidation sites excluding steroid dienone is 1. The molecule has 1 atom stereocenters. The predicted octanol–water partition coefficient (Wildman–Crippen LogP) is 5.08. The van der Waals surface area contributed by atoms with Crippen LogP contribution in [0.1, 0.15) is 12.5 Å². The molecule has 1 amide bonds. The van der Waals surface area contributed by atoms with Crippen LogP contribution < -0.4 is 15.8 Å². The van der Waals surface area contributed by atoms with Gasteiger partial charge in [-0.2, -0.15) is 0 Å². The standard InChI is InChI=1S/C32H29FN4O4/c1-3-37-17-26(20-4-9-23(33)10-5-20)30(39)27(18-37)32(40)36-24-11-6-19(7-12-24)25-14-22(16-35-31(25)34)21-8-13-29(41-2)28(38)15-21/h4-17,27,38H,3,18H2,1-2H3,(H2,34,35)(H,36,40)/p+1. The Morgan fingerprint density at radius 1 is 1.05 bits per heavy atom. The van der Waals surface area contributed by atoms with E-state index in [0.717, 1.165) is 16.7 Å². The molecule has 1 aromatic heterocycles. The maximum absolute atomic E-state index is 13.4. The summed E-state index contributed by atoms with van der Waals surface area (Å²) in [6.07, 6.45) is 3.39. The van der Waals surface area contributed by atoms with Gasteiger partial charge in [0.1, 0.15) is 17.6 Å². The molecule has 0 spiro atoms. The molecule has 9 heteroatoms. The van der Waals surface area contributed by atoms with Gasteiger partial charge in [-0.1, -0.05) is 24.3 Å². The minimum atomic E-state index is -0.914. The zero-order chi connectivity index (χ0) is 29.1. The third kappa shape index (κ3) is 5.74. The highest BCUT2D eigenvalue weighted by Gasteiger charge is 2.34. The molecule has 5 N–H and O–H groups in total. The first kappa shape index (κ1) is 27.4. The van der Waals surface area contributed by atoms with Crippen molar-refractivity contribution in [1.82, 2.24) is 9.88 Å². The van der Waals surface area contributed by atoms with Crippen molar-refractivity contribution in [2.24, 2.45) is 5.92 Å². The summed E-state index contributed by atoms with van der Waals surface area (Å²) >= 11 is 0. The number of hydrogen-bond donors (Lipinski definition) is 2. The molecular formula is C32H30FN4O4+. The Hall–Kier alpha value is -5.18. The number of hydrogen-bond acceptors (Lipinski definition) is 6. The van der Waals surface area contributed by atoms with E-state index in [1.165, 1.54) is 19.2 Å². The van der Waals surface area contributed by atoms with Gasteiger partial charge in [0.25, 0.3) is 5.75 Å². The van der Waals surface area contributed by atoms with E-state index in [4.69, 9.17) is 15.6 Å². The molecule has 2 heterocycles. The Labute approximate surface area is 236 Å². The summed E-state index contributed by atoms with van der Waals surface area (Å²) in [4.78, 5) is 32.8. The third-order valence-electron chi connectivity index (χ3n) is 7.10. The van der Waals surface area contributed by atoms with Gasteiger partial charge in [0.05, 0.1) is 7.11 Å². The van der Waals surface area contributed by atoms with E-state index in [-0.39, 0.29) is 18.1 Å². The van der Waals surface area contributed by atoms with Crippen LogP contribution in [0.15, 0.2) is 85.2 Å². The minimum absolute atomic E-state index is 0.254. The Kier molecular flexibility index (Phi) is 7.69. The maximum atomic E-state index is 13.4. The van der Waals surface area contributed by atoms with Gasteiger partial charge in [-0.05, 0) is 66.1 Å². The fourth-order valence-electron chi connectivity index (χ4n) is 4.79. The average molecular weight is 554 g/mol. The second-order valence-electron chi connectivity index (χ2n) is 9.69. The molecule has 208 valence electrons. The number of nitrogens with one attached hydrogen (secondary N) is 1. The zero-order valence-corrected chi connectivity index (χ0v) is 22.6. The molecule has 0 bridgehead atoms. The first-order valence-electron chi connectivity index (χ1n) is 13.1. The Morgan fingerprint density at radius 3 is 2.39 bits per heavy atom. The van der Waals surface area contributed by atoms with Crippen molar-refractivity contribution in [3.8, 4) is 33.8 Å². The van der Waals surface area contributed by atoms with Gasteiger partial charge in [0, 0.05) is 53.9 Å². The summed E-state index contributed by atoms with van der Waals surface area (Å²) in [6.45, 7) is 2.81. The topological polar surface area (TPSA) is 120 Å². The molecular weight excluding hydrogens is 523 g/mol. The highest BCUT2D eigenvalue weighted by atomic mass is 19.1. The predicted molar refractivity (Wildman–Crippen MR) is 158 cm³/mol. The van der Waals surface area contributed by atoms with E-state index in [0.29, 0.717) is 40.5 Å². The van der Waals surface area contributed by atoms with Crippen molar-refractivity contribution in [3.63, 3.8) is 0 Å². The summed E-state index contributed by atoms with van der Waals surface area (Å²) in [5, 5.41) is 11.0. The lowest BCUT2D eigenvalue weighted by Gasteiger charge is -2.30. The first-order valence-corrected chi connectivity index (χ1v) is 13.1. The van der Waals surface area contributed by atoms with Crippen LogP contribution in [0.2, 0.25) is 0 Å². The van der Waals surface area contributed by atoms with Gasteiger partial charge in [-0.15, -0.1) is 0 Å². The molecule has 0 fully saturated rings. The molecule has 8 nitrogen and oxygen atoms in total. The number of aromatic nitrogens is 1. The molecule has 1 aliphatic heterocycles. The number of rotatable bonds is 7. The van der Waals surface area contributed by atoms with Crippen LogP contribution in [0.25, 0.3) is 27.8 Å². The largest absolute Gasteiger partial charge is 0.591 e. The molecule has 0 saturated heterocycles. The van der Waals surface area contributed by atoms with E-state index >= 15 is 0 Å². The summed E-state index contributed by atoms with van der Waals surface area (Å²) in [6, 6.07) is 20.0. The van der Waals surface area contributed by atoms with Gasteiger partial charge < -0.3 is 25.8 Å². The smallest absolute Gasteiger partial charge is 0.297 e. The van der Waals surface area contributed by atoms with Crippen molar-refractivity contribution in [1.29, 1.82) is 0 Å². The van der Waals surface area contributed by atoms with Crippen LogP contribution in [0.5, 0.6) is 11.5 Å². The Bertz CT molecular complexity index is 1640. The highest BCUT2D eigenvalue weighted by Crippen LogP contribution is 2.35. The minimum Gasteiger partial charge on any atom is -0.591 e. The van der Waals surface area contributed by atoms with Crippen LogP contribution in [-0.2, 0) is 9.59 Å². The summed E-state index contributed by atoms with van der Waals surface area (Å²) in [5.41, 5.74) is 10.8. The summed E-state index contributed by atoms with van der Waals surface area (Å²) in [5.74, 6) is -0.935. The van der Waals surface area contributed by atoms with Crippen LogP contribution in [0, 0.1) is 11.7 Å². The van der Waals surface area contributed by atoms with E-state index in [1.807, 2.05) is 36.1 Å². The molecule has 5 rings (SSSR count). The number of amides is 1. The van der Waals surface area contributed by atoms with Crippen LogP contribution in [0.3, 0.4) is 0 Å². The fourth-order valence-corrected chi connectivity index (χ4v) is 4.79. The van der Waals surface area contributed by atoms with Gasteiger partial charge in [0.2, 0.25) is 11.7 Å². The van der Waals surface area contributed by atoms with E-state index < -0.39 is 17.6 Å². The molecule has 0 radical (unpaired) electrons. The second kappa shape index (κ2) is 11.5. The number of methoxy groups -OCH3 is 1. The molecule has 41 heavy (non-hydrogen) atoms. The number of carbonyl (C=O) groups excluding carboxylic acids is 2. The molecule has 1 aliphatic rings. The van der Waals surface area contributed by atoms with Gasteiger partial charge >= 0.3 is 0 Å². The fraction of sp³-hybridized carbons (Fsp3) is 0.156. The SMILES string of the molecule is CCN1C=C(c2ccc(F)cc2)C(=O)C(C(=O)Nc2ccc(-c3cc(-c4ccc(OC)c([OH2+])c4)cnc3N)cc2)C1. The van der Waals surface area contributed by atoms with Crippen molar-refractivity contribution < 1.29 is 23.8 Å². The summed E-state index contributed by atoms with van der Waals surface area (Å²) < 4.78 is 18.6. The van der Waals surface area contributed by atoms with E-state index in [9.17, 15) is 14.0 Å². The van der Waals surface area contributed by atoms with Crippen molar-refractivity contribution in [2.45, 2.75) is 6.92 Å². The molecule has 1 unspecified atom stereocenters. The number of carbonyl (C=O) groups is 2. The summed E-state index contributed by atoms with van der Waals surface area (Å²) in [7, 11) is 1.52. The van der Waals surface area contributed by atoms with Crippen LogP contribution >= 0.6 is 0 Å². The monoisotopic (exact) mass is 553 g/mol. The Morgan fingerprint density at radius 2 is 1.73 bits per heavy atom. The molecule has 0 saturated carbocycles. The number of nitrogen functional groups attached to an aromatic ring is 1. The van der Waals surface area contributed by atoms with Crippen LogP contribution in [-0.4, -0.2) is 46.9 Å². The molecule has 3 aromatic carbocycles. The van der Waals surface area contributed by atoms with Crippen molar-refractivity contribution >= 4 is 28.8 Å². The van der Waals surface area contributed by atoms with E-state index in [2.05, 4.69) is 10.3 Å². The number of benzene rings is 3. The second-order valence-corrected chi connectivity index (χ2v) is 9.69. The lowest BCUT2D eigenvalue weighted by Crippen LogP contribution is -2.42. The number of nitrogens with zero attached hydrogens (tertiary/aromatic N) is 2. The maximum Gasteiger partial charge on any atom is 0.297 e. The average Bonchev–Trinajstić information content (AvgIpc) is 2.98. The Balaban J connectivity index is 1.34. The highest BCUT2D eigenvalue weighted by molar-refractivity contribution is 6.29. The molecule has 0 aliphatic carbocycles. The number of ketones is 1. The third-order valence-corrected chi connectivity index (χ3v) is 7.10. The lowest BCUT2D eigenvalue weighted by atomic mass is 9.89. The quantitative estimate of drug-likeness (QED) is 0.243. The number of halogens is 1. The van der Waals surface area contributed by atoms with Gasteiger partial charge in [0.15, 0.2) is 5.78 Å². The first-order chi connectivity index (χ1) is 19.8. The van der Waals surface area contributed by atoms with Gasteiger partial charge in [-0.3, -0.25) is 9.59 Å².